The van der Waals surface area contributed by atoms with Gasteiger partial charge in [-0.15, -0.1) is 11.8 Å². The Balaban J connectivity index is 2.03. The highest BCUT2D eigenvalue weighted by Gasteiger charge is 2.21. The van der Waals surface area contributed by atoms with Gasteiger partial charge in [0.25, 0.3) is 0 Å². The first kappa shape index (κ1) is 15.3. The van der Waals surface area contributed by atoms with Gasteiger partial charge in [-0.3, -0.25) is 4.79 Å². The Labute approximate surface area is 130 Å². The molecule has 106 valence electrons. The number of carbonyl (C=O) groups is 1. The first-order valence-corrected chi connectivity index (χ1v) is 8.10. The highest BCUT2D eigenvalue weighted by Crippen LogP contribution is 2.29. The van der Waals surface area contributed by atoms with E-state index in [0.717, 1.165) is 9.37 Å². The molecule has 1 aromatic carbocycles. The van der Waals surface area contributed by atoms with Crippen molar-refractivity contribution in [3.05, 3.63) is 40.5 Å². The fraction of sp³-hybridized carbons (Fsp3) is 0.357. The van der Waals surface area contributed by atoms with Crippen molar-refractivity contribution < 1.29 is 9.32 Å². The summed E-state index contributed by atoms with van der Waals surface area (Å²) in [5, 5.41) is 3.94. The second-order valence-corrected chi connectivity index (χ2v) is 6.21. The van der Waals surface area contributed by atoms with Crippen LogP contribution in [0.25, 0.3) is 0 Å². The van der Waals surface area contributed by atoms with E-state index in [2.05, 4.69) is 26.1 Å². The predicted octanol–water partition coefficient (Wildman–Crippen LogP) is 4.21. The van der Waals surface area contributed by atoms with Crippen molar-refractivity contribution in [3.63, 3.8) is 0 Å². The number of benzene rings is 1. The summed E-state index contributed by atoms with van der Waals surface area (Å²) in [5.41, 5.74) is 0. The summed E-state index contributed by atoms with van der Waals surface area (Å²) in [4.78, 5) is 16.9. The van der Waals surface area contributed by atoms with Gasteiger partial charge in [0.05, 0.1) is 11.7 Å². The molecule has 2 rings (SSSR count). The van der Waals surface area contributed by atoms with Crippen molar-refractivity contribution in [3.8, 4) is 0 Å². The molecule has 0 bridgehead atoms. The predicted molar refractivity (Wildman–Crippen MR) is 81.7 cm³/mol. The maximum Gasteiger partial charge on any atom is 0.237 e. The van der Waals surface area contributed by atoms with E-state index in [-0.39, 0.29) is 11.7 Å². The van der Waals surface area contributed by atoms with Gasteiger partial charge in [0, 0.05) is 9.37 Å². The molecule has 2 aromatic rings. The van der Waals surface area contributed by atoms with Crippen LogP contribution in [0.2, 0.25) is 0 Å². The number of ketones is 1. The van der Waals surface area contributed by atoms with Crippen molar-refractivity contribution in [1.29, 1.82) is 0 Å². The topological polar surface area (TPSA) is 56.0 Å². The summed E-state index contributed by atoms with van der Waals surface area (Å²) in [5.74, 6) is 1.41. The van der Waals surface area contributed by atoms with Crippen molar-refractivity contribution in [1.82, 2.24) is 10.1 Å². The van der Waals surface area contributed by atoms with E-state index in [1.165, 1.54) is 0 Å². The van der Waals surface area contributed by atoms with Crippen LogP contribution in [0.15, 0.2) is 38.2 Å². The summed E-state index contributed by atoms with van der Waals surface area (Å²) in [7, 11) is 0. The molecule has 1 atom stereocenters. The number of thioether (sulfide) groups is 1. The molecule has 6 heteroatoms. The molecule has 0 radical (unpaired) electrons. The highest BCUT2D eigenvalue weighted by molar-refractivity contribution is 9.10. The summed E-state index contributed by atoms with van der Waals surface area (Å²) >= 11 is 5.12. The Morgan fingerprint density at radius 3 is 2.85 bits per heavy atom. The van der Waals surface area contributed by atoms with Gasteiger partial charge in [0.1, 0.15) is 5.78 Å². The van der Waals surface area contributed by atoms with Gasteiger partial charge >= 0.3 is 0 Å². The van der Waals surface area contributed by atoms with Gasteiger partial charge in [-0.1, -0.05) is 24.2 Å². The lowest BCUT2D eigenvalue weighted by molar-refractivity contribution is -0.119. The number of carbonyl (C=O) groups excluding carboxylic acids is 1. The van der Waals surface area contributed by atoms with E-state index in [1.807, 2.05) is 31.2 Å². The van der Waals surface area contributed by atoms with Crippen molar-refractivity contribution in [2.45, 2.75) is 36.8 Å². The van der Waals surface area contributed by atoms with Gasteiger partial charge in [-0.2, -0.15) is 4.98 Å². The molecule has 1 unspecified atom stereocenters. The molecule has 0 saturated heterocycles. The number of rotatable bonds is 6. The Morgan fingerprint density at radius 1 is 1.45 bits per heavy atom. The molecule has 4 nitrogen and oxygen atoms in total. The number of hydrogen-bond donors (Lipinski definition) is 0. The van der Waals surface area contributed by atoms with Crippen molar-refractivity contribution >= 4 is 33.5 Å². The third-order valence-corrected chi connectivity index (χ3v) is 4.90. The zero-order valence-electron chi connectivity index (χ0n) is 11.3. The standard InChI is InChI=1S/C14H15BrN2O2S/c1-3-10(9(2)18)14-16-13(17-19-14)8-20-12-7-5-4-6-11(12)15/h4-7,10H,3,8H2,1-2H3. The van der Waals surface area contributed by atoms with Gasteiger partial charge in [-0.25, -0.2) is 0 Å². The Kier molecular flexibility index (Phi) is 5.37. The molecule has 20 heavy (non-hydrogen) atoms. The van der Waals surface area contributed by atoms with E-state index in [1.54, 1.807) is 18.7 Å². The van der Waals surface area contributed by atoms with Gasteiger partial charge in [0.2, 0.25) is 5.89 Å². The molecule has 0 amide bonds. The number of Topliss-reactive ketones (excluding diaryl/α,β-unsaturated/α-hetero) is 1. The normalized spacial score (nSPS) is 12.3. The minimum Gasteiger partial charge on any atom is -0.339 e. The third kappa shape index (κ3) is 3.70. The Hall–Kier alpha value is -1.14. The summed E-state index contributed by atoms with van der Waals surface area (Å²) < 4.78 is 6.24. The largest absolute Gasteiger partial charge is 0.339 e. The smallest absolute Gasteiger partial charge is 0.237 e. The lowest BCUT2D eigenvalue weighted by atomic mass is 10.0. The number of halogens is 1. The van der Waals surface area contributed by atoms with Crippen LogP contribution in [0.1, 0.15) is 37.9 Å². The molecule has 0 spiro atoms. The van der Waals surface area contributed by atoms with Crippen LogP contribution in [0.5, 0.6) is 0 Å². The van der Waals surface area contributed by atoms with Crippen molar-refractivity contribution in [2.24, 2.45) is 0 Å². The first-order valence-electron chi connectivity index (χ1n) is 6.32. The summed E-state index contributed by atoms with van der Waals surface area (Å²) in [6, 6.07) is 7.98. The maximum atomic E-state index is 11.5. The molecule has 0 N–H and O–H groups in total. The molecular formula is C14H15BrN2O2S. The van der Waals surface area contributed by atoms with Gasteiger partial charge in [0.15, 0.2) is 5.82 Å². The molecule has 0 fully saturated rings. The molecule has 1 heterocycles. The first-order chi connectivity index (χ1) is 9.61. The van der Waals surface area contributed by atoms with E-state index < -0.39 is 0 Å². The van der Waals surface area contributed by atoms with Crippen molar-refractivity contribution in [2.75, 3.05) is 0 Å². The van der Waals surface area contributed by atoms with Crippen LogP contribution in [0.3, 0.4) is 0 Å². The monoisotopic (exact) mass is 354 g/mol. The molecule has 0 aliphatic carbocycles. The molecule has 0 aliphatic heterocycles. The van der Waals surface area contributed by atoms with Crippen LogP contribution in [0.4, 0.5) is 0 Å². The second kappa shape index (κ2) is 7.04. The lowest BCUT2D eigenvalue weighted by Gasteiger charge is -2.03. The van der Waals surface area contributed by atoms with E-state index in [4.69, 9.17) is 4.52 Å². The number of nitrogens with zero attached hydrogens (tertiary/aromatic N) is 2. The fourth-order valence-electron chi connectivity index (χ4n) is 1.81. The SMILES string of the molecule is CCC(C(C)=O)c1nc(CSc2ccccc2Br)no1. The Morgan fingerprint density at radius 2 is 2.20 bits per heavy atom. The zero-order valence-corrected chi connectivity index (χ0v) is 13.7. The lowest BCUT2D eigenvalue weighted by Crippen LogP contribution is -2.07. The van der Waals surface area contributed by atoms with E-state index in [9.17, 15) is 4.79 Å². The maximum absolute atomic E-state index is 11.5. The molecule has 1 aromatic heterocycles. The molecular weight excluding hydrogens is 340 g/mol. The average molecular weight is 355 g/mol. The summed E-state index contributed by atoms with van der Waals surface area (Å²) in [6.45, 7) is 3.49. The fourth-order valence-corrected chi connectivity index (χ4v) is 3.22. The average Bonchev–Trinajstić information content (AvgIpc) is 2.87. The second-order valence-electron chi connectivity index (χ2n) is 4.34. The summed E-state index contributed by atoms with van der Waals surface area (Å²) in [6.07, 6.45) is 0.675. The number of aromatic nitrogens is 2. The van der Waals surface area contributed by atoms with Gasteiger partial charge in [-0.05, 0) is 41.4 Å². The van der Waals surface area contributed by atoms with Crippen LogP contribution in [0, 0.1) is 0 Å². The molecule has 0 aliphatic rings. The minimum atomic E-state index is -0.287. The van der Waals surface area contributed by atoms with E-state index >= 15 is 0 Å². The third-order valence-electron chi connectivity index (χ3n) is 2.87. The van der Waals surface area contributed by atoms with E-state index in [0.29, 0.717) is 23.9 Å². The Bertz CT molecular complexity index is 600. The highest BCUT2D eigenvalue weighted by atomic mass is 79.9. The van der Waals surface area contributed by atoms with Crippen LogP contribution in [-0.4, -0.2) is 15.9 Å². The quantitative estimate of drug-likeness (QED) is 0.727. The molecule has 0 saturated carbocycles. The van der Waals surface area contributed by atoms with Crippen LogP contribution < -0.4 is 0 Å². The van der Waals surface area contributed by atoms with Crippen LogP contribution in [-0.2, 0) is 10.5 Å². The zero-order chi connectivity index (χ0) is 14.5. The minimum absolute atomic E-state index is 0.0566. The number of hydrogen-bond acceptors (Lipinski definition) is 5. The van der Waals surface area contributed by atoms with Gasteiger partial charge < -0.3 is 4.52 Å². The van der Waals surface area contributed by atoms with Crippen LogP contribution >= 0.6 is 27.7 Å².